The molecule has 0 saturated heterocycles. The Kier molecular flexibility index (Phi) is 6.21. The molecule has 114 valence electrons. The van der Waals surface area contributed by atoms with Gasteiger partial charge in [0.2, 0.25) is 5.91 Å². The van der Waals surface area contributed by atoms with Crippen molar-refractivity contribution in [3.63, 3.8) is 0 Å². The quantitative estimate of drug-likeness (QED) is 0.749. The van der Waals surface area contributed by atoms with Crippen LogP contribution in [0, 0.1) is 0 Å². The summed E-state index contributed by atoms with van der Waals surface area (Å²) in [6, 6.07) is 3.98. The van der Waals surface area contributed by atoms with Gasteiger partial charge in [0.15, 0.2) is 5.16 Å². The Morgan fingerprint density at radius 2 is 2.48 bits per heavy atom. The van der Waals surface area contributed by atoms with Crippen LogP contribution in [0.25, 0.3) is 0 Å². The Morgan fingerprint density at radius 3 is 3.19 bits per heavy atom. The number of carbonyl (C=O) groups is 1. The number of rotatable bonds is 8. The van der Waals surface area contributed by atoms with Crippen LogP contribution in [0.3, 0.4) is 0 Å². The lowest BCUT2D eigenvalue weighted by molar-refractivity contribution is -0.120. The standard InChI is InChI=1S/C13H18N4O2S2/c1-10(12(18)14-8-11-4-3-7-20-11)21-13-16-15-9-17(13)5-6-19-2/h3-4,7,9-10H,5-6,8H2,1-2H3,(H,14,18)/t10-/m1/s1. The van der Waals surface area contributed by atoms with Crippen molar-refractivity contribution in [2.24, 2.45) is 0 Å². The SMILES string of the molecule is COCCn1cnnc1S[C@H](C)C(=O)NCc1cccs1. The molecule has 2 heterocycles. The number of nitrogens with zero attached hydrogens (tertiary/aromatic N) is 3. The number of hydrogen-bond acceptors (Lipinski definition) is 6. The first kappa shape index (κ1) is 16.0. The molecule has 8 heteroatoms. The number of amides is 1. The monoisotopic (exact) mass is 326 g/mol. The summed E-state index contributed by atoms with van der Waals surface area (Å²) in [5.41, 5.74) is 0. The fourth-order valence-electron chi connectivity index (χ4n) is 1.62. The predicted octanol–water partition coefficient (Wildman–Crippen LogP) is 1.78. The van der Waals surface area contributed by atoms with Gasteiger partial charge in [0.1, 0.15) is 6.33 Å². The van der Waals surface area contributed by atoms with E-state index in [4.69, 9.17) is 4.74 Å². The van der Waals surface area contributed by atoms with Crippen molar-refractivity contribution in [3.05, 3.63) is 28.7 Å². The highest BCUT2D eigenvalue weighted by Crippen LogP contribution is 2.21. The Bertz CT molecular complexity index is 556. The van der Waals surface area contributed by atoms with E-state index in [1.54, 1.807) is 24.8 Å². The van der Waals surface area contributed by atoms with Gasteiger partial charge in [0, 0.05) is 18.5 Å². The zero-order valence-corrected chi connectivity index (χ0v) is 13.6. The average molecular weight is 326 g/mol. The van der Waals surface area contributed by atoms with E-state index >= 15 is 0 Å². The van der Waals surface area contributed by atoms with Crippen molar-refractivity contribution >= 4 is 29.0 Å². The van der Waals surface area contributed by atoms with Gasteiger partial charge in [-0.1, -0.05) is 17.8 Å². The van der Waals surface area contributed by atoms with Gasteiger partial charge in [0.25, 0.3) is 0 Å². The summed E-state index contributed by atoms with van der Waals surface area (Å²) >= 11 is 3.03. The zero-order chi connectivity index (χ0) is 15.1. The van der Waals surface area contributed by atoms with Crippen LogP contribution in [-0.4, -0.2) is 39.6 Å². The minimum atomic E-state index is -0.226. The van der Waals surface area contributed by atoms with Crippen LogP contribution in [0.15, 0.2) is 29.0 Å². The van der Waals surface area contributed by atoms with Gasteiger partial charge in [-0.3, -0.25) is 4.79 Å². The first-order chi connectivity index (χ1) is 10.2. The number of aromatic nitrogens is 3. The van der Waals surface area contributed by atoms with Crippen LogP contribution in [-0.2, 0) is 22.6 Å². The van der Waals surface area contributed by atoms with Crippen molar-refractivity contribution in [1.29, 1.82) is 0 Å². The second kappa shape index (κ2) is 8.16. The smallest absolute Gasteiger partial charge is 0.233 e. The number of ether oxygens (including phenoxy) is 1. The Hall–Kier alpha value is -1.38. The largest absolute Gasteiger partial charge is 0.383 e. The van der Waals surface area contributed by atoms with Gasteiger partial charge in [0.05, 0.1) is 18.4 Å². The van der Waals surface area contributed by atoms with Gasteiger partial charge in [-0.2, -0.15) is 0 Å². The molecule has 1 N–H and O–H groups in total. The molecule has 21 heavy (non-hydrogen) atoms. The zero-order valence-electron chi connectivity index (χ0n) is 12.0. The summed E-state index contributed by atoms with van der Waals surface area (Å²) in [6.45, 7) is 3.70. The van der Waals surface area contributed by atoms with Crippen LogP contribution in [0.2, 0.25) is 0 Å². The third-order valence-electron chi connectivity index (χ3n) is 2.78. The molecule has 0 fully saturated rings. The normalized spacial score (nSPS) is 12.3. The molecule has 0 bridgehead atoms. The molecule has 0 aliphatic rings. The molecule has 2 aromatic rings. The summed E-state index contributed by atoms with van der Waals surface area (Å²) in [6.07, 6.45) is 1.65. The molecule has 2 aromatic heterocycles. The van der Waals surface area contributed by atoms with E-state index in [9.17, 15) is 4.79 Å². The molecule has 1 amide bonds. The van der Waals surface area contributed by atoms with Crippen molar-refractivity contribution in [2.45, 2.75) is 30.4 Å². The minimum Gasteiger partial charge on any atom is -0.383 e. The average Bonchev–Trinajstić information content (AvgIpc) is 3.14. The molecule has 1 atom stereocenters. The second-order valence-electron chi connectivity index (χ2n) is 4.36. The molecule has 0 radical (unpaired) electrons. The summed E-state index contributed by atoms with van der Waals surface area (Å²) in [4.78, 5) is 13.2. The maximum absolute atomic E-state index is 12.1. The maximum atomic E-state index is 12.1. The number of thiophene rings is 1. The first-order valence-electron chi connectivity index (χ1n) is 6.54. The van der Waals surface area contributed by atoms with Crippen molar-refractivity contribution in [3.8, 4) is 0 Å². The summed E-state index contributed by atoms with van der Waals surface area (Å²) in [7, 11) is 1.65. The molecule has 2 rings (SSSR count). The highest BCUT2D eigenvalue weighted by Gasteiger charge is 2.17. The van der Waals surface area contributed by atoms with Gasteiger partial charge >= 0.3 is 0 Å². The van der Waals surface area contributed by atoms with E-state index in [1.807, 2.05) is 29.0 Å². The van der Waals surface area contributed by atoms with Crippen LogP contribution < -0.4 is 5.32 Å². The fraction of sp³-hybridized carbons (Fsp3) is 0.462. The summed E-state index contributed by atoms with van der Waals surface area (Å²) < 4.78 is 6.92. The van der Waals surface area contributed by atoms with Crippen LogP contribution in [0.5, 0.6) is 0 Å². The van der Waals surface area contributed by atoms with E-state index < -0.39 is 0 Å². The van der Waals surface area contributed by atoms with Gasteiger partial charge in [-0.25, -0.2) is 0 Å². The first-order valence-corrected chi connectivity index (χ1v) is 8.30. The highest BCUT2D eigenvalue weighted by molar-refractivity contribution is 8.00. The molecule has 0 aliphatic heterocycles. The predicted molar refractivity (Wildman–Crippen MR) is 83.4 cm³/mol. The lowest BCUT2D eigenvalue weighted by atomic mass is 10.4. The Morgan fingerprint density at radius 1 is 1.62 bits per heavy atom. The Balaban J connectivity index is 1.84. The minimum absolute atomic E-state index is 0.00492. The lowest BCUT2D eigenvalue weighted by Crippen LogP contribution is -2.30. The van der Waals surface area contributed by atoms with Crippen LogP contribution in [0.1, 0.15) is 11.8 Å². The number of methoxy groups -OCH3 is 1. The molecular weight excluding hydrogens is 308 g/mol. The Labute approximate surface area is 131 Å². The molecule has 0 saturated carbocycles. The maximum Gasteiger partial charge on any atom is 0.233 e. The van der Waals surface area contributed by atoms with Gasteiger partial charge < -0.3 is 14.6 Å². The van der Waals surface area contributed by atoms with Crippen molar-refractivity contribution in [1.82, 2.24) is 20.1 Å². The van der Waals surface area contributed by atoms with Gasteiger partial charge in [-0.05, 0) is 18.4 Å². The highest BCUT2D eigenvalue weighted by atomic mass is 32.2. The number of thioether (sulfide) groups is 1. The van der Waals surface area contributed by atoms with E-state index in [1.165, 1.54) is 11.8 Å². The van der Waals surface area contributed by atoms with E-state index in [0.717, 1.165) is 10.0 Å². The van der Waals surface area contributed by atoms with E-state index in [0.29, 0.717) is 19.7 Å². The number of carbonyl (C=O) groups excluding carboxylic acids is 1. The summed E-state index contributed by atoms with van der Waals surface area (Å²) in [5, 5.41) is 13.4. The molecule has 0 spiro atoms. The fourth-order valence-corrected chi connectivity index (χ4v) is 3.14. The summed E-state index contributed by atoms with van der Waals surface area (Å²) in [5.74, 6) is -0.00492. The van der Waals surface area contributed by atoms with Crippen molar-refractivity contribution in [2.75, 3.05) is 13.7 Å². The van der Waals surface area contributed by atoms with E-state index in [-0.39, 0.29) is 11.2 Å². The topological polar surface area (TPSA) is 69.0 Å². The van der Waals surface area contributed by atoms with Gasteiger partial charge in [-0.15, -0.1) is 21.5 Å². The number of hydrogen-bond donors (Lipinski definition) is 1. The third-order valence-corrected chi connectivity index (χ3v) is 4.76. The molecule has 6 nitrogen and oxygen atoms in total. The third kappa shape index (κ3) is 4.83. The molecular formula is C13H18N4O2S2. The van der Waals surface area contributed by atoms with Crippen LogP contribution in [0.4, 0.5) is 0 Å². The molecule has 0 aliphatic carbocycles. The van der Waals surface area contributed by atoms with E-state index in [2.05, 4.69) is 15.5 Å². The molecule has 0 unspecified atom stereocenters. The second-order valence-corrected chi connectivity index (χ2v) is 6.70. The lowest BCUT2D eigenvalue weighted by Gasteiger charge is -2.11. The van der Waals surface area contributed by atoms with Crippen LogP contribution >= 0.6 is 23.1 Å². The van der Waals surface area contributed by atoms with Crippen molar-refractivity contribution < 1.29 is 9.53 Å². The molecule has 0 aromatic carbocycles. The number of nitrogens with one attached hydrogen (secondary N) is 1.